The molecule has 1 aromatic rings. The number of rotatable bonds is 2. The summed E-state index contributed by atoms with van der Waals surface area (Å²) in [5.41, 5.74) is 2.90. The van der Waals surface area contributed by atoms with Crippen LogP contribution >= 0.6 is 34.0 Å². The molecule has 0 amide bonds. The van der Waals surface area contributed by atoms with Gasteiger partial charge in [-0.1, -0.05) is 0 Å². The average Bonchev–Trinajstić information content (AvgIpc) is 2.46. The zero-order valence-electron chi connectivity index (χ0n) is 8.69. The average molecular weight is 367 g/mol. The Morgan fingerprint density at radius 1 is 1.20 bits per heavy atom. The molecule has 2 rings (SSSR count). The monoisotopic (exact) mass is 365 g/mol. The molecule has 1 aliphatic carbocycles. The summed E-state index contributed by atoms with van der Waals surface area (Å²) in [5.74, 6) is 0. The van der Waals surface area contributed by atoms with Crippen LogP contribution in [0.4, 0.5) is 0 Å². The van der Waals surface area contributed by atoms with Gasteiger partial charge in [-0.2, -0.15) is 0 Å². The SMILES string of the molecule is Br.Br.CCC[C]1([Ti])C=Cc2ccccc21. The molecule has 0 radical (unpaired) electrons. The van der Waals surface area contributed by atoms with Crippen molar-refractivity contribution in [1.29, 1.82) is 0 Å². The summed E-state index contributed by atoms with van der Waals surface area (Å²) in [7, 11) is 0. The third-order valence-electron chi connectivity index (χ3n) is 2.63. The maximum absolute atomic E-state index is 2.35. The van der Waals surface area contributed by atoms with Crippen molar-refractivity contribution in [3.05, 3.63) is 41.5 Å². The summed E-state index contributed by atoms with van der Waals surface area (Å²) < 4.78 is 0.297. The Morgan fingerprint density at radius 3 is 2.53 bits per heavy atom. The van der Waals surface area contributed by atoms with Crippen LogP contribution in [0.3, 0.4) is 0 Å². The molecular formula is C12H15Br2Ti. The summed E-state index contributed by atoms with van der Waals surface area (Å²) in [6.45, 7) is 2.25. The van der Waals surface area contributed by atoms with Crippen LogP contribution in [0.5, 0.6) is 0 Å². The summed E-state index contributed by atoms with van der Waals surface area (Å²) in [6.07, 6.45) is 7.10. The van der Waals surface area contributed by atoms with Crippen molar-refractivity contribution in [3.8, 4) is 0 Å². The van der Waals surface area contributed by atoms with Gasteiger partial charge >= 0.3 is 91.5 Å². The molecule has 0 saturated heterocycles. The number of allylic oxidation sites excluding steroid dienone is 1. The summed E-state index contributed by atoms with van der Waals surface area (Å²) in [6, 6.07) is 8.71. The number of hydrogen-bond donors (Lipinski definition) is 0. The predicted octanol–water partition coefficient (Wildman–Crippen LogP) is 4.41. The number of fused-ring (bicyclic) bond motifs is 1. The van der Waals surface area contributed by atoms with Gasteiger partial charge in [-0.15, -0.1) is 34.0 Å². The number of hydrogen-bond acceptors (Lipinski definition) is 0. The van der Waals surface area contributed by atoms with E-state index in [-0.39, 0.29) is 34.0 Å². The van der Waals surface area contributed by atoms with E-state index in [9.17, 15) is 0 Å². The Morgan fingerprint density at radius 2 is 1.87 bits per heavy atom. The Hall–Kier alpha value is 0.634. The zero-order chi connectivity index (χ0) is 9.31. The second-order valence-electron chi connectivity index (χ2n) is 3.64. The summed E-state index contributed by atoms with van der Waals surface area (Å²) >= 11 is 2.33. The second kappa shape index (κ2) is 6.39. The van der Waals surface area contributed by atoms with Crippen LogP contribution in [0.25, 0.3) is 6.08 Å². The molecule has 0 N–H and O–H groups in total. The molecule has 0 nitrogen and oxygen atoms in total. The Kier molecular flexibility index (Phi) is 6.66. The first-order valence-electron chi connectivity index (χ1n) is 4.80. The van der Waals surface area contributed by atoms with Gasteiger partial charge in [0.15, 0.2) is 0 Å². The van der Waals surface area contributed by atoms with Gasteiger partial charge in [0.1, 0.15) is 0 Å². The van der Waals surface area contributed by atoms with Crippen molar-refractivity contribution in [1.82, 2.24) is 0 Å². The molecule has 0 fully saturated rings. The van der Waals surface area contributed by atoms with E-state index in [4.69, 9.17) is 0 Å². The van der Waals surface area contributed by atoms with Crippen molar-refractivity contribution >= 4 is 40.0 Å². The van der Waals surface area contributed by atoms with Crippen LogP contribution in [0, 0.1) is 0 Å². The molecular weight excluding hydrogens is 352 g/mol. The van der Waals surface area contributed by atoms with Gasteiger partial charge in [-0.3, -0.25) is 0 Å². The third-order valence-corrected chi connectivity index (χ3v) is 3.70. The van der Waals surface area contributed by atoms with Gasteiger partial charge < -0.3 is 0 Å². The van der Waals surface area contributed by atoms with E-state index in [1.807, 2.05) is 0 Å². The fourth-order valence-electron chi connectivity index (χ4n) is 1.98. The first-order chi connectivity index (χ1) is 6.26. The van der Waals surface area contributed by atoms with Crippen molar-refractivity contribution in [2.45, 2.75) is 23.5 Å². The van der Waals surface area contributed by atoms with Crippen LogP contribution in [-0.4, -0.2) is 0 Å². The first-order valence-corrected chi connectivity index (χ1v) is 5.58. The minimum absolute atomic E-state index is 0. The Balaban J connectivity index is 0.000000980. The molecule has 81 valence electrons. The predicted molar refractivity (Wildman–Crippen MR) is 72.7 cm³/mol. The molecule has 1 atom stereocenters. The van der Waals surface area contributed by atoms with Crippen molar-refractivity contribution in [2.24, 2.45) is 0 Å². The van der Waals surface area contributed by atoms with E-state index in [2.05, 4.69) is 63.8 Å². The molecule has 0 spiro atoms. The van der Waals surface area contributed by atoms with Gasteiger partial charge in [-0.25, -0.2) is 0 Å². The number of halogens is 2. The molecule has 1 unspecified atom stereocenters. The minimum atomic E-state index is 0. The summed E-state index contributed by atoms with van der Waals surface area (Å²) in [4.78, 5) is 0. The van der Waals surface area contributed by atoms with E-state index in [1.165, 1.54) is 24.0 Å². The molecule has 1 aliphatic rings. The standard InChI is InChI=1S/C12H13.2BrH.Ti/c1-2-5-10-8-9-11-6-3-4-7-12(10)11;;;/h3-4,6-9H,2,5H2,1H3;2*1H;. The van der Waals surface area contributed by atoms with Gasteiger partial charge in [0.2, 0.25) is 0 Å². The molecule has 0 aliphatic heterocycles. The Labute approximate surface area is 124 Å². The molecule has 15 heavy (non-hydrogen) atoms. The summed E-state index contributed by atoms with van der Waals surface area (Å²) in [5, 5.41) is 0. The van der Waals surface area contributed by atoms with Crippen molar-refractivity contribution < 1.29 is 20.4 Å². The fourth-order valence-corrected chi connectivity index (χ4v) is 2.86. The molecule has 3 heteroatoms. The van der Waals surface area contributed by atoms with Crippen molar-refractivity contribution in [3.63, 3.8) is 0 Å². The normalized spacial score (nSPS) is 21.3. The molecule has 0 aromatic heterocycles. The molecule has 0 heterocycles. The molecule has 0 bridgehead atoms. The van der Waals surface area contributed by atoms with Gasteiger partial charge in [-0.05, 0) is 0 Å². The van der Waals surface area contributed by atoms with Crippen LogP contribution in [0.1, 0.15) is 30.9 Å². The van der Waals surface area contributed by atoms with E-state index in [0.717, 1.165) is 0 Å². The topological polar surface area (TPSA) is 0 Å². The number of benzene rings is 1. The van der Waals surface area contributed by atoms with Crippen LogP contribution < -0.4 is 0 Å². The van der Waals surface area contributed by atoms with Gasteiger partial charge in [0.05, 0.1) is 0 Å². The van der Waals surface area contributed by atoms with Gasteiger partial charge in [0, 0.05) is 0 Å². The van der Waals surface area contributed by atoms with Crippen molar-refractivity contribution in [2.75, 3.05) is 0 Å². The van der Waals surface area contributed by atoms with E-state index in [1.54, 1.807) is 0 Å². The third kappa shape index (κ3) is 3.06. The fraction of sp³-hybridized carbons (Fsp3) is 0.333. The maximum atomic E-state index is 2.35. The van der Waals surface area contributed by atoms with E-state index in [0.29, 0.717) is 3.72 Å². The Bertz CT molecular complexity index is 349. The first kappa shape index (κ1) is 15.6. The van der Waals surface area contributed by atoms with Gasteiger partial charge in [0.25, 0.3) is 0 Å². The van der Waals surface area contributed by atoms with E-state index < -0.39 is 0 Å². The molecule has 0 saturated carbocycles. The van der Waals surface area contributed by atoms with Crippen LogP contribution in [0.15, 0.2) is 30.3 Å². The second-order valence-corrected chi connectivity index (χ2v) is 5.04. The van der Waals surface area contributed by atoms with E-state index >= 15 is 0 Å². The van der Waals surface area contributed by atoms with Crippen LogP contribution in [0.2, 0.25) is 0 Å². The zero-order valence-corrected chi connectivity index (χ0v) is 13.7. The van der Waals surface area contributed by atoms with Crippen LogP contribution in [-0.2, 0) is 24.2 Å². The molecule has 1 aromatic carbocycles. The quantitative estimate of drug-likeness (QED) is 0.680.